The maximum Gasteiger partial charge on any atom is 0.340 e. The van der Waals surface area contributed by atoms with Gasteiger partial charge in [-0.1, -0.05) is 35.9 Å². The van der Waals surface area contributed by atoms with E-state index in [1.54, 1.807) is 36.4 Å². The molecule has 1 aliphatic heterocycles. The molecule has 34 heavy (non-hydrogen) atoms. The monoisotopic (exact) mass is 516 g/mol. The number of amides is 4. The average Bonchev–Trinajstić information content (AvgIpc) is 3.29. The van der Waals surface area contributed by atoms with Gasteiger partial charge in [-0.25, -0.2) is 14.4 Å². The molecule has 0 fully saturated rings. The highest BCUT2D eigenvalue weighted by Gasteiger charge is 2.28. The van der Waals surface area contributed by atoms with Crippen molar-refractivity contribution in [2.45, 2.75) is 29.2 Å². The average molecular weight is 517 g/mol. The number of urea groups is 1. The molecule has 8 nitrogen and oxygen atoms in total. The second kappa shape index (κ2) is 10.8. The lowest BCUT2D eigenvalue weighted by molar-refractivity contribution is -0.122. The summed E-state index contributed by atoms with van der Waals surface area (Å²) in [4.78, 5) is 40.5. The summed E-state index contributed by atoms with van der Waals surface area (Å²) in [6.45, 7) is 0.288. The van der Waals surface area contributed by atoms with E-state index in [4.69, 9.17) is 11.6 Å². The minimum Gasteiger partial charge on any atom is -0.355 e. The number of rotatable bonds is 5. The topological polar surface area (TPSA) is 108 Å². The van der Waals surface area contributed by atoms with Crippen LogP contribution in [0.3, 0.4) is 0 Å². The molecule has 0 aliphatic carbocycles. The Labute approximate surface area is 207 Å². The van der Waals surface area contributed by atoms with E-state index in [1.807, 2.05) is 23.6 Å². The van der Waals surface area contributed by atoms with E-state index in [1.165, 1.54) is 16.2 Å². The Balaban J connectivity index is 1.37. The number of fused-ring (bicyclic) bond motifs is 2. The summed E-state index contributed by atoms with van der Waals surface area (Å²) < 4.78 is 13.2. The van der Waals surface area contributed by atoms with Crippen molar-refractivity contribution in [1.29, 1.82) is 0 Å². The SMILES string of the molecule is O=C(Cc1cccs1)NCCC(=O)NNC(=O)N1Cc2ccccc2S(=O)c2ccc(Cl)cc21. The third kappa shape index (κ3) is 5.64. The summed E-state index contributed by atoms with van der Waals surface area (Å²) in [5.41, 5.74) is 5.88. The fourth-order valence-electron chi connectivity index (χ4n) is 3.43. The lowest BCUT2D eigenvalue weighted by Crippen LogP contribution is -2.49. The second-order valence-corrected chi connectivity index (χ2v) is 10.3. The van der Waals surface area contributed by atoms with Crippen LogP contribution in [0.2, 0.25) is 5.02 Å². The lowest BCUT2D eigenvalue weighted by Gasteiger charge is -2.23. The van der Waals surface area contributed by atoms with Gasteiger partial charge < -0.3 is 5.32 Å². The largest absolute Gasteiger partial charge is 0.355 e. The van der Waals surface area contributed by atoms with Gasteiger partial charge >= 0.3 is 6.03 Å². The molecule has 1 aromatic heterocycles. The number of carbonyl (C=O) groups is 3. The number of benzene rings is 2. The molecular formula is C23H21ClN4O4S2. The van der Waals surface area contributed by atoms with Crippen LogP contribution in [0.1, 0.15) is 16.9 Å². The Hall–Kier alpha value is -3.21. The molecule has 1 aliphatic rings. The highest BCUT2D eigenvalue weighted by atomic mass is 35.5. The van der Waals surface area contributed by atoms with Gasteiger partial charge in [-0.15, -0.1) is 11.3 Å². The van der Waals surface area contributed by atoms with Crippen LogP contribution in [0.4, 0.5) is 10.5 Å². The molecular weight excluding hydrogens is 496 g/mol. The number of halogens is 1. The van der Waals surface area contributed by atoms with Crippen molar-refractivity contribution in [3.63, 3.8) is 0 Å². The molecule has 2 heterocycles. The summed E-state index contributed by atoms with van der Waals surface area (Å²) in [7, 11) is -1.49. The van der Waals surface area contributed by atoms with Crippen LogP contribution < -0.4 is 21.1 Å². The molecule has 0 radical (unpaired) electrons. The number of nitrogens with zero attached hydrogens (tertiary/aromatic N) is 1. The smallest absolute Gasteiger partial charge is 0.340 e. The molecule has 4 amide bonds. The van der Waals surface area contributed by atoms with Crippen LogP contribution >= 0.6 is 22.9 Å². The molecule has 0 saturated carbocycles. The van der Waals surface area contributed by atoms with Gasteiger partial charge in [-0.2, -0.15) is 0 Å². The van der Waals surface area contributed by atoms with E-state index in [-0.39, 0.29) is 31.8 Å². The molecule has 176 valence electrons. The Kier molecular flexibility index (Phi) is 7.61. The maximum atomic E-state index is 13.2. The minimum atomic E-state index is -1.49. The van der Waals surface area contributed by atoms with E-state index in [2.05, 4.69) is 16.2 Å². The summed E-state index contributed by atoms with van der Waals surface area (Å²) in [5.74, 6) is -0.640. The lowest BCUT2D eigenvalue weighted by atomic mass is 10.2. The van der Waals surface area contributed by atoms with Gasteiger partial charge in [0.05, 0.1) is 34.3 Å². The summed E-state index contributed by atoms with van der Waals surface area (Å²) in [6, 6.07) is 15.1. The number of hydrazine groups is 1. The van der Waals surface area contributed by atoms with Gasteiger partial charge in [0.15, 0.2) is 0 Å². The fraction of sp³-hybridized carbons (Fsp3) is 0.174. The molecule has 0 saturated heterocycles. The van der Waals surface area contributed by atoms with Crippen LogP contribution in [-0.4, -0.2) is 28.6 Å². The normalized spacial score (nSPS) is 14.4. The van der Waals surface area contributed by atoms with Crippen molar-refractivity contribution in [1.82, 2.24) is 16.2 Å². The fourth-order valence-corrected chi connectivity index (χ4v) is 5.66. The van der Waals surface area contributed by atoms with E-state index < -0.39 is 22.7 Å². The zero-order valence-corrected chi connectivity index (χ0v) is 20.3. The van der Waals surface area contributed by atoms with Crippen molar-refractivity contribution in [3.8, 4) is 0 Å². The van der Waals surface area contributed by atoms with Crippen LogP contribution in [0.5, 0.6) is 0 Å². The molecule has 2 aromatic carbocycles. The highest BCUT2D eigenvalue weighted by Crippen LogP contribution is 2.36. The molecule has 4 rings (SSSR count). The first-order chi connectivity index (χ1) is 16.4. The predicted octanol–water partition coefficient (Wildman–Crippen LogP) is 3.38. The van der Waals surface area contributed by atoms with Crippen LogP contribution in [-0.2, 0) is 33.4 Å². The molecule has 1 atom stereocenters. The Morgan fingerprint density at radius 1 is 1.00 bits per heavy atom. The van der Waals surface area contributed by atoms with Gasteiger partial charge in [-0.3, -0.25) is 19.9 Å². The van der Waals surface area contributed by atoms with Crippen molar-refractivity contribution < 1.29 is 18.6 Å². The molecule has 3 aromatic rings. The number of anilines is 1. The Bertz CT molecular complexity index is 1250. The Morgan fingerprint density at radius 2 is 1.82 bits per heavy atom. The number of hydrogen-bond donors (Lipinski definition) is 3. The first kappa shape index (κ1) is 23.9. The predicted molar refractivity (Wildman–Crippen MR) is 131 cm³/mol. The Morgan fingerprint density at radius 3 is 2.62 bits per heavy atom. The number of hydrogen-bond acceptors (Lipinski definition) is 5. The van der Waals surface area contributed by atoms with Crippen molar-refractivity contribution >= 4 is 57.3 Å². The first-order valence-corrected chi connectivity index (χ1v) is 12.8. The van der Waals surface area contributed by atoms with Gasteiger partial charge in [-0.05, 0) is 41.3 Å². The molecule has 0 spiro atoms. The van der Waals surface area contributed by atoms with Crippen molar-refractivity contribution in [2.24, 2.45) is 0 Å². The second-order valence-electron chi connectivity index (χ2n) is 7.41. The number of carbonyl (C=O) groups excluding carboxylic acids is 3. The standard InChI is InChI=1S/C23H21ClN4O4S2/c24-16-7-8-20-18(12-16)28(14-15-4-1-2-6-19(15)34(20)32)23(31)27-26-21(29)9-10-25-22(30)13-17-5-3-11-33-17/h1-8,11-12H,9-10,13-14H2,(H,25,30)(H,26,29)(H,27,31). The molecule has 11 heteroatoms. The van der Waals surface area contributed by atoms with Gasteiger partial charge in [0.1, 0.15) is 0 Å². The van der Waals surface area contributed by atoms with Crippen molar-refractivity contribution in [2.75, 3.05) is 11.4 Å². The number of thiophene rings is 1. The van der Waals surface area contributed by atoms with Crippen LogP contribution in [0.25, 0.3) is 0 Å². The van der Waals surface area contributed by atoms with Crippen LogP contribution in [0.15, 0.2) is 69.8 Å². The van der Waals surface area contributed by atoms with Gasteiger partial charge in [0.2, 0.25) is 11.8 Å². The number of nitrogens with one attached hydrogen (secondary N) is 3. The van der Waals surface area contributed by atoms with Crippen molar-refractivity contribution in [3.05, 3.63) is 75.4 Å². The molecule has 0 bridgehead atoms. The zero-order chi connectivity index (χ0) is 24.1. The van der Waals surface area contributed by atoms with E-state index >= 15 is 0 Å². The van der Waals surface area contributed by atoms with Gasteiger partial charge in [0.25, 0.3) is 0 Å². The molecule has 3 N–H and O–H groups in total. The maximum absolute atomic E-state index is 13.2. The van der Waals surface area contributed by atoms with E-state index in [0.29, 0.717) is 20.5 Å². The minimum absolute atomic E-state index is 0.00821. The van der Waals surface area contributed by atoms with E-state index in [9.17, 15) is 18.6 Å². The summed E-state index contributed by atoms with van der Waals surface area (Å²) in [5, 5.41) is 4.97. The van der Waals surface area contributed by atoms with E-state index in [0.717, 1.165) is 10.4 Å². The first-order valence-electron chi connectivity index (χ1n) is 10.4. The zero-order valence-electron chi connectivity index (χ0n) is 17.9. The third-order valence-electron chi connectivity index (χ3n) is 5.06. The highest BCUT2D eigenvalue weighted by molar-refractivity contribution is 7.85. The van der Waals surface area contributed by atoms with Crippen LogP contribution in [0, 0.1) is 0 Å². The summed E-state index contributed by atoms with van der Waals surface area (Å²) in [6.07, 6.45) is 0.252. The molecule has 1 unspecified atom stereocenters. The third-order valence-corrected chi connectivity index (χ3v) is 7.71. The quantitative estimate of drug-likeness (QED) is 0.452. The van der Waals surface area contributed by atoms with Gasteiger partial charge in [0, 0.05) is 27.8 Å². The summed E-state index contributed by atoms with van der Waals surface area (Å²) >= 11 is 7.64.